The predicted octanol–water partition coefficient (Wildman–Crippen LogP) is 1.13. The molecule has 0 unspecified atom stereocenters. The van der Waals surface area contributed by atoms with Gasteiger partial charge in [0.05, 0.1) is 6.42 Å². The molecular formula is C8H6F3NO. The normalized spacial score (nSPS) is 10.1. The molecule has 0 heterocycles. The molecule has 70 valence electrons. The summed E-state index contributed by atoms with van der Waals surface area (Å²) in [4.78, 5) is 10.4. The van der Waals surface area contributed by atoms with Gasteiger partial charge in [0.1, 0.15) is 5.82 Å². The van der Waals surface area contributed by atoms with Crippen LogP contribution in [0, 0.1) is 17.5 Å². The molecule has 0 saturated heterocycles. The fourth-order valence-electron chi connectivity index (χ4n) is 0.887. The van der Waals surface area contributed by atoms with Crippen molar-refractivity contribution in [1.29, 1.82) is 0 Å². The third-order valence-corrected chi connectivity index (χ3v) is 1.45. The van der Waals surface area contributed by atoms with Crippen molar-refractivity contribution >= 4 is 5.91 Å². The van der Waals surface area contributed by atoms with Crippen LogP contribution < -0.4 is 5.73 Å². The zero-order chi connectivity index (χ0) is 10.0. The molecule has 1 amide bonds. The first kappa shape index (κ1) is 9.57. The number of primary amides is 1. The van der Waals surface area contributed by atoms with Gasteiger partial charge in [-0.2, -0.15) is 0 Å². The lowest BCUT2D eigenvalue weighted by atomic mass is 10.1. The lowest BCUT2D eigenvalue weighted by Crippen LogP contribution is -2.15. The Bertz CT molecular complexity index is 351. The van der Waals surface area contributed by atoms with E-state index in [1.165, 1.54) is 0 Å². The monoisotopic (exact) mass is 189 g/mol. The molecule has 0 aromatic heterocycles. The highest BCUT2D eigenvalue weighted by Gasteiger charge is 2.10. The zero-order valence-electron chi connectivity index (χ0n) is 6.48. The van der Waals surface area contributed by atoms with E-state index < -0.39 is 29.8 Å². The van der Waals surface area contributed by atoms with Crippen molar-refractivity contribution in [3.05, 3.63) is 35.1 Å². The molecule has 2 N–H and O–H groups in total. The zero-order valence-corrected chi connectivity index (χ0v) is 6.48. The summed E-state index contributed by atoms with van der Waals surface area (Å²) in [5.41, 5.74) is 4.52. The third-order valence-electron chi connectivity index (χ3n) is 1.45. The highest BCUT2D eigenvalue weighted by Crippen LogP contribution is 2.13. The summed E-state index contributed by atoms with van der Waals surface area (Å²) >= 11 is 0. The molecule has 0 aliphatic rings. The molecule has 0 radical (unpaired) electrons. The van der Waals surface area contributed by atoms with E-state index in [4.69, 9.17) is 5.73 Å². The van der Waals surface area contributed by atoms with Crippen LogP contribution in [0.2, 0.25) is 0 Å². The number of nitrogens with two attached hydrogens (primary N) is 1. The quantitative estimate of drug-likeness (QED) is 0.696. The van der Waals surface area contributed by atoms with Gasteiger partial charge in [-0.1, -0.05) is 0 Å². The van der Waals surface area contributed by atoms with Crippen molar-refractivity contribution in [2.24, 2.45) is 5.73 Å². The number of carbonyl (C=O) groups is 1. The van der Waals surface area contributed by atoms with Crippen LogP contribution in [0.3, 0.4) is 0 Å². The Morgan fingerprint density at radius 2 is 1.69 bits per heavy atom. The van der Waals surface area contributed by atoms with E-state index in [0.717, 1.165) is 0 Å². The summed E-state index contributed by atoms with van der Waals surface area (Å²) in [6.07, 6.45) is -0.441. The topological polar surface area (TPSA) is 43.1 Å². The van der Waals surface area contributed by atoms with E-state index in [9.17, 15) is 18.0 Å². The molecule has 1 aromatic rings. The van der Waals surface area contributed by atoms with Gasteiger partial charge in [-0.3, -0.25) is 4.79 Å². The number of halogens is 3. The summed E-state index contributed by atoms with van der Waals surface area (Å²) in [5.74, 6) is -4.26. The second-order valence-corrected chi connectivity index (χ2v) is 2.50. The minimum atomic E-state index is -1.29. The fourth-order valence-corrected chi connectivity index (χ4v) is 0.887. The van der Waals surface area contributed by atoms with Gasteiger partial charge in [0, 0.05) is 11.6 Å². The maximum absolute atomic E-state index is 12.8. The SMILES string of the molecule is NC(=O)Cc1cc(F)c(F)cc1F. The van der Waals surface area contributed by atoms with Crippen LogP contribution in [-0.4, -0.2) is 5.91 Å². The van der Waals surface area contributed by atoms with Crippen molar-refractivity contribution in [3.8, 4) is 0 Å². The molecule has 0 aliphatic heterocycles. The molecule has 1 aromatic carbocycles. The first-order valence-electron chi connectivity index (χ1n) is 3.42. The Balaban J connectivity index is 3.08. The minimum absolute atomic E-state index is 0.244. The third kappa shape index (κ3) is 2.21. The van der Waals surface area contributed by atoms with Crippen molar-refractivity contribution in [2.75, 3.05) is 0 Å². The van der Waals surface area contributed by atoms with Crippen molar-refractivity contribution in [1.82, 2.24) is 0 Å². The van der Waals surface area contributed by atoms with Gasteiger partial charge in [0.15, 0.2) is 11.6 Å². The van der Waals surface area contributed by atoms with Crippen molar-refractivity contribution in [3.63, 3.8) is 0 Å². The molecule has 0 atom stereocenters. The molecular weight excluding hydrogens is 183 g/mol. The molecule has 5 heteroatoms. The summed E-state index contributed by atoms with van der Waals surface area (Å²) < 4.78 is 37.7. The maximum atomic E-state index is 12.8. The number of benzene rings is 1. The summed E-state index contributed by atoms with van der Waals surface area (Å²) in [6.45, 7) is 0. The van der Waals surface area contributed by atoms with Gasteiger partial charge in [-0.05, 0) is 6.07 Å². The average molecular weight is 189 g/mol. The Hall–Kier alpha value is -1.52. The molecule has 2 nitrogen and oxygen atoms in total. The predicted molar refractivity (Wildman–Crippen MR) is 39.2 cm³/mol. The second kappa shape index (κ2) is 3.47. The summed E-state index contributed by atoms with van der Waals surface area (Å²) in [7, 11) is 0. The average Bonchev–Trinajstić information content (AvgIpc) is 1.99. The van der Waals surface area contributed by atoms with Crippen LogP contribution in [-0.2, 0) is 11.2 Å². The number of amides is 1. The van der Waals surface area contributed by atoms with E-state index in [2.05, 4.69) is 0 Å². The fraction of sp³-hybridized carbons (Fsp3) is 0.125. The van der Waals surface area contributed by atoms with E-state index in [-0.39, 0.29) is 5.56 Å². The first-order valence-corrected chi connectivity index (χ1v) is 3.42. The van der Waals surface area contributed by atoms with E-state index >= 15 is 0 Å². The molecule has 0 fully saturated rings. The summed E-state index contributed by atoms with van der Waals surface area (Å²) in [5, 5.41) is 0. The van der Waals surface area contributed by atoms with Crippen molar-refractivity contribution < 1.29 is 18.0 Å². The lowest BCUT2D eigenvalue weighted by Gasteiger charge is -2.00. The lowest BCUT2D eigenvalue weighted by molar-refractivity contribution is -0.117. The Morgan fingerprint density at radius 3 is 2.23 bits per heavy atom. The molecule has 0 spiro atoms. The summed E-state index contributed by atoms with van der Waals surface area (Å²) in [6, 6.07) is 1.00. The van der Waals surface area contributed by atoms with Crippen LogP contribution in [0.25, 0.3) is 0 Å². The van der Waals surface area contributed by atoms with Crippen LogP contribution in [0.15, 0.2) is 12.1 Å². The maximum Gasteiger partial charge on any atom is 0.221 e. The van der Waals surface area contributed by atoms with Crippen LogP contribution in [0.1, 0.15) is 5.56 Å². The standard InChI is InChI=1S/C8H6F3NO/c9-5-3-7(11)6(10)1-4(5)2-8(12)13/h1,3H,2H2,(H2,12,13). The van der Waals surface area contributed by atoms with Gasteiger partial charge >= 0.3 is 0 Å². The Labute approximate surface area is 72.2 Å². The molecule has 0 aliphatic carbocycles. The van der Waals surface area contributed by atoms with Crippen molar-refractivity contribution in [2.45, 2.75) is 6.42 Å². The molecule has 0 saturated carbocycles. The number of carbonyl (C=O) groups excluding carboxylic acids is 1. The van der Waals surface area contributed by atoms with Gasteiger partial charge in [-0.15, -0.1) is 0 Å². The minimum Gasteiger partial charge on any atom is -0.369 e. The Kier molecular flexibility index (Phi) is 2.55. The van der Waals surface area contributed by atoms with Gasteiger partial charge in [-0.25, -0.2) is 13.2 Å². The smallest absolute Gasteiger partial charge is 0.221 e. The highest BCUT2D eigenvalue weighted by molar-refractivity contribution is 5.76. The largest absolute Gasteiger partial charge is 0.369 e. The number of rotatable bonds is 2. The van der Waals surface area contributed by atoms with Crippen LogP contribution >= 0.6 is 0 Å². The number of hydrogen-bond acceptors (Lipinski definition) is 1. The van der Waals surface area contributed by atoms with Crippen LogP contribution in [0.5, 0.6) is 0 Å². The first-order chi connectivity index (χ1) is 6.00. The molecule has 13 heavy (non-hydrogen) atoms. The van der Waals surface area contributed by atoms with E-state index in [0.29, 0.717) is 12.1 Å². The molecule has 1 rings (SSSR count). The van der Waals surface area contributed by atoms with E-state index in [1.54, 1.807) is 0 Å². The Morgan fingerprint density at radius 1 is 1.15 bits per heavy atom. The van der Waals surface area contributed by atoms with Crippen LogP contribution in [0.4, 0.5) is 13.2 Å². The van der Waals surface area contributed by atoms with E-state index in [1.807, 2.05) is 0 Å². The molecule has 0 bridgehead atoms. The van der Waals surface area contributed by atoms with Gasteiger partial charge in [0.2, 0.25) is 5.91 Å². The van der Waals surface area contributed by atoms with Gasteiger partial charge in [0.25, 0.3) is 0 Å². The second-order valence-electron chi connectivity index (χ2n) is 2.50. The highest BCUT2D eigenvalue weighted by atomic mass is 19.2. The number of hydrogen-bond donors (Lipinski definition) is 1. The van der Waals surface area contributed by atoms with Gasteiger partial charge < -0.3 is 5.73 Å².